The third-order valence-corrected chi connectivity index (χ3v) is 6.20. The molecule has 1 aromatic heterocycles. The Morgan fingerprint density at radius 1 is 1.29 bits per heavy atom. The molecule has 3 aromatic rings. The van der Waals surface area contributed by atoms with Crippen molar-refractivity contribution in [3.05, 3.63) is 70.9 Å². The van der Waals surface area contributed by atoms with Crippen LogP contribution in [0.2, 0.25) is 0 Å². The second-order valence-corrected chi connectivity index (χ2v) is 8.06. The second kappa shape index (κ2) is 9.37. The number of carbonyl (C=O) groups is 1. The SMILES string of the molecule is COc1ccc2[nH]c(C)c(CCN3CCC[C@H]3c3ccc(/C=C/C(=O)NO)cc3)c2c1. The number of amides is 1. The van der Waals surface area contributed by atoms with Gasteiger partial charge in [-0.1, -0.05) is 24.3 Å². The lowest BCUT2D eigenvalue weighted by atomic mass is 10.0. The Hall–Kier alpha value is -3.09. The minimum atomic E-state index is -0.531. The molecule has 6 nitrogen and oxygen atoms in total. The first-order valence-corrected chi connectivity index (χ1v) is 10.7. The third kappa shape index (κ3) is 4.65. The zero-order chi connectivity index (χ0) is 21.8. The highest BCUT2D eigenvalue weighted by Gasteiger charge is 2.26. The molecule has 0 saturated carbocycles. The van der Waals surface area contributed by atoms with Crippen LogP contribution in [0.15, 0.2) is 48.5 Å². The lowest BCUT2D eigenvalue weighted by molar-refractivity contribution is -0.124. The summed E-state index contributed by atoms with van der Waals surface area (Å²) >= 11 is 0. The predicted molar refractivity (Wildman–Crippen MR) is 122 cm³/mol. The van der Waals surface area contributed by atoms with E-state index in [0.717, 1.165) is 42.8 Å². The number of ether oxygens (including phenoxy) is 1. The van der Waals surface area contributed by atoms with Gasteiger partial charge in [0.1, 0.15) is 5.75 Å². The van der Waals surface area contributed by atoms with Gasteiger partial charge in [-0.25, -0.2) is 5.48 Å². The zero-order valence-electron chi connectivity index (χ0n) is 18.0. The molecule has 6 heteroatoms. The van der Waals surface area contributed by atoms with E-state index in [9.17, 15) is 4.79 Å². The van der Waals surface area contributed by atoms with Crippen molar-refractivity contribution < 1.29 is 14.7 Å². The van der Waals surface area contributed by atoms with Crippen LogP contribution in [0.25, 0.3) is 17.0 Å². The Bertz CT molecular complexity index is 1090. The number of carbonyl (C=O) groups excluding carboxylic acids is 1. The molecule has 3 N–H and O–H groups in total. The number of aromatic amines is 1. The summed E-state index contributed by atoms with van der Waals surface area (Å²) in [5.74, 6) is 0.355. The molecule has 4 rings (SSSR count). The van der Waals surface area contributed by atoms with Crippen LogP contribution >= 0.6 is 0 Å². The second-order valence-electron chi connectivity index (χ2n) is 8.06. The fraction of sp³-hybridized carbons (Fsp3) is 0.320. The van der Waals surface area contributed by atoms with Crippen molar-refractivity contribution in [1.29, 1.82) is 0 Å². The van der Waals surface area contributed by atoms with E-state index < -0.39 is 5.91 Å². The van der Waals surface area contributed by atoms with Gasteiger partial charge >= 0.3 is 0 Å². The van der Waals surface area contributed by atoms with Crippen molar-refractivity contribution in [1.82, 2.24) is 15.4 Å². The number of nitrogens with zero attached hydrogens (tertiary/aromatic N) is 1. The summed E-state index contributed by atoms with van der Waals surface area (Å²) < 4.78 is 5.42. The molecule has 2 aromatic carbocycles. The Balaban J connectivity index is 1.46. The Morgan fingerprint density at radius 3 is 2.84 bits per heavy atom. The molecular formula is C25H29N3O3. The molecule has 0 spiro atoms. The molecule has 2 heterocycles. The van der Waals surface area contributed by atoms with Gasteiger partial charge in [-0.2, -0.15) is 0 Å². The number of nitrogens with one attached hydrogen (secondary N) is 2. The average molecular weight is 420 g/mol. The normalized spacial score (nSPS) is 16.9. The molecule has 0 aliphatic carbocycles. The van der Waals surface area contributed by atoms with Gasteiger partial charge < -0.3 is 9.72 Å². The number of methoxy groups -OCH3 is 1. The highest BCUT2D eigenvalue weighted by atomic mass is 16.5. The van der Waals surface area contributed by atoms with Crippen LogP contribution in [0.3, 0.4) is 0 Å². The monoisotopic (exact) mass is 419 g/mol. The molecule has 1 aliphatic heterocycles. The summed E-state index contributed by atoms with van der Waals surface area (Å²) in [7, 11) is 1.71. The summed E-state index contributed by atoms with van der Waals surface area (Å²) in [6.07, 6.45) is 6.35. The van der Waals surface area contributed by atoms with Crippen molar-refractivity contribution in [2.24, 2.45) is 0 Å². The van der Waals surface area contributed by atoms with Crippen molar-refractivity contribution >= 4 is 22.9 Å². The topological polar surface area (TPSA) is 77.6 Å². The first-order chi connectivity index (χ1) is 15.1. The number of hydroxylamine groups is 1. The van der Waals surface area contributed by atoms with Crippen molar-refractivity contribution in [3.8, 4) is 5.75 Å². The number of benzene rings is 2. The van der Waals surface area contributed by atoms with Crippen LogP contribution in [0, 0.1) is 6.92 Å². The molecule has 0 radical (unpaired) electrons. The van der Waals surface area contributed by atoms with Gasteiger partial charge in [-0.3, -0.25) is 14.9 Å². The minimum absolute atomic E-state index is 0.416. The zero-order valence-corrected chi connectivity index (χ0v) is 18.0. The largest absolute Gasteiger partial charge is 0.497 e. The average Bonchev–Trinajstić information content (AvgIpc) is 3.39. The Morgan fingerprint density at radius 2 is 2.10 bits per heavy atom. The summed E-state index contributed by atoms with van der Waals surface area (Å²) in [5, 5.41) is 9.83. The van der Waals surface area contributed by atoms with E-state index in [0.29, 0.717) is 6.04 Å². The number of fused-ring (bicyclic) bond motifs is 1. The van der Waals surface area contributed by atoms with Crippen molar-refractivity contribution in [3.63, 3.8) is 0 Å². The predicted octanol–water partition coefficient (Wildman–Crippen LogP) is 4.38. The maximum Gasteiger partial charge on any atom is 0.267 e. The number of rotatable bonds is 7. The third-order valence-electron chi connectivity index (χ3n) is 6.20. The molecule has 1 atom stereocenters. The molecule has 1 aliphatic rings. The van der Waals surface area contributed by atoms with Crippen LogP contribution in [0.1, 0.15) is 41.3 Å². The van der Waals surface area contributed by atoms with E-state index in [-0.39, 0.29) is 0 Å². The van der Waals surface area contributed by atoms with Gasteiger partial charge in [0.05, 0.1) is 7.11 Å². The van der Waals surface area contributed by atoms with Crippen LogP contribution in [-0.2, 0) is 11.2 Å². The maximum absolute atomic E-state index is 11.2. The smallest absolute Gasteiger partial charge is 0.267 e. The standard InChI is InChI=1S/C25H29N3O3/c1-17-21(22-16-20(31-2)10-11-23(22)26-17)13-15-28-14-3-4-24(28)19-8-5-18(6-9-19)7-12-25(29)27-30/h5-12,16,24,26,30H,3-4,13-15H2,1-2H3,(H,27,29)/b12-7+/t24-/m0/s1. The first-order valence-electron chi connectivity index (χ1n) is 10.7. The fourth-order valence-electron chi connectivity index (χ4n) is 4.58. The van der Waals surface area contributed by atoms with Gasteiger partial charge in [0, 0.05) is 35.3 Å². The van der Waals surface area contributed by atoms with E-state index in [4.69, 9.17) is 9.94 Å². The van der Waals surface area contributed by atoms with Gasteiger partial charge in [0.15, 0.2) is 0 Å². The lowest BCUT2D eigenvalue weighted by Crippen LogP contribution is -2.25. The van der Waals surface area contributed by atoms with E-state index >= 15 is 0 Å². The maximum atomic E-state index is 11.2. The summed E-state index contributed by atoms with van der Waals surface area (Å²) in [6.45, 7) is 4.26. The first kappa shape index (κ1) is 21.2. The van der Waals surface area contributed by atoms with Crippen molar-refractivity contribution in [2.45, 2.75) is 32.2 Å². The highest BCUT2D eigenvalue weighted by Crippen LogP contribution is 2.33. The summed E-state index contributed by atoms with van der Waals surface area (Å²) in [5.41, 5.74) is 7.58. The number of H-pyrrole nitrogens is 1. The molecule has 0 bridgehead atoms. The highest BCUT2D eigenvalue weighted by molar-refractivity contribution is 5.90. The van der Waals surface area contributed by atoms with E-state index in [2.05, 4.69) is 41.1 Å². The fourth-order valence-corrected chi connectivity index (χ4v) is 4.58. The van der Waals surface area contributed by atoms with Crippen LogP contribution in [0.5, 0.6) is 5.75 Å². The van der Waals surface area contributed by atoms with Gasteiger partial charge in [-0.15, -0.1) is 0 Å². The summed E-state index contributed by atoms with van der Waals surface area (Å²) in [4.78, 5) is 17.2. The molecule has 1 saturated heterocycles. The van der Waals surface area contributed by atoms with Gasteiger partial charge in [-0.05, 0) is 73.7 Å². The molecule has 0 unspecified atom stereocenters. The minimum Gasteiger partial charge on any atom is -0.497 e. The quantitative estimate of drug-likeness (QED) is 0.302. The van der Waals surface area contributed by atoms with E-state index in [1.807, 2.05) is 18.2 Å². The number of hydrogen-bond donors (Lipinski definition) is 3. The van der Waals surface area contributed by atoms with Crippen LogP contribution < -0.4 is 10.2 Å². The van der Waals surface area contributed by atoms with E-state index in [1.54, 1.807) is 18.7 Å². The number of hydrogen-bond acceptors (Lipinski definition) is 4. The molecule has 1 fully saturated rings. The number of aromatic nitrogens is 1. The molecule has 162 valence electrons. The van der Waals surface area contributed by atoms with Gasteiger partial charge in [0.2, 0.25) is 0 Å². The summed E-state index contributed by atoms with van der Waals surface area (Å²) in [6, 6.07) is 14.9. The number of likely N-dealkylation sites (tertiary alicyclic amines) is 1. The van der Waals surface area contributed by atoms with Crippen molar-refractivity contribution in [2.75, 3.05) is 20.2 Å². The Kier molecular flexibility index (Phi) is 6.39. The van der Waals surface area contributed by atoms with Crippen LogP contribution in [0.4, 0.5) is 0 Å². The lowest BCUT2D eigenvalue weighted by Gasteiger charge is -2.25. The number of aryl methyl sites for hydroxylation is 1. The van der Waals surface area contributed by atoms with E-state index in [1.165, 1.54) is 34.7 Å². The van der Waals surface area contributed by atoms with Gasteiger partial charge in [0.25, 0.3) is 5.91 Å². The van der Waals surface area contributed by atoms with Crippen LogP contribution in [-0.4, -0.2) is 41.2 Å². The molecular weight excluding hydrogens is 390 g/mol. The molecule has 1 amide bonds. The Labute approximate surface area is 182 Å². The molecule has 31 heavy (non-hydrogen) atoms.